The maximum atomic E-state index is 11.6. The predicted octanol–water partition coefficient (Wildman–Crippen LogP) is 1.11. The highest BCUT2D eigenvalue weighted by atomic mass is 19.3. The van der Waals surface area contributed by atoms with E-state index in [9.17, 15) is 8.78 Å². The van der Waals surface area contributed by atoms with Crippen LogP contribution < -0.4 is 5.73 Å². The molecule has 0 heterocycles. The van der Waals surface area contributed by atoms with Crippen LogP contribution in [0.25, 0.3) is 0 Å². The molecule has 2 nitrogen and oxygen atoms in total. The van der Waals surface area contributed by atoms with Crippen molar-refractivity contribution in [3.8, 4) is 0 Å². The molecule has 0 bridgehead atoms. The van der Waals surface area contributed by atoms with E-state index in [-0.39, 0.29) is 6.04 Å². The summed E-state index contributed by atoms with van der Waals surface area (Å²) in [6, 6.07) is -0.186. The van der Waals surface area contributed by atoms with E-state index in [1.807, 2.05) is 0 Å². The van der Waals surface area contributed by atoms with Crippen LogP contribution in [0, 0.1) is 0 Å². The van der Waals surface area contributed by atoms with Gasteiger partial charge in [0.1, 0.15) is 0 Å². The second kappa shape index (κ2) is 3.25. The van der Waals surface area contributed by atoms with Gasteiger partial charge in [-0.3, -0.25) is 0 Å². The first-order valence-electron chi connectivity index (χ1n) is 3.39. The van der Waals surface area contributed by atoms with E-state index in [0.29, 0.717) is 6.42 Å². The van der Waals surface area contributed by atoms with Gasteiger partial charge in [0.05, 0.1) is 6.10 Å². The zero-order valence-corrected chi connectivity index (χ0v) is 5.59. The van der Waals surface area contributed by atoms with Gasteiger partial charge in [0.25, 0.3) is 0 Å². The summed E-state index contributed by atoms with van der Waals surface area (Å²) in [6.45, 7) is -2.67. The second-order valence-corrected chi connectivity index (χ2v) is 2.53. The molecule has 0 aromatic carbocycles. The highest BCUT2D eigenvalue weighted by molar-refractivity contribution is 4.80. The normalized spacial score (nSPS) is 33.6. The summed E-state index contributed by atoms with van der Waals surface area (Å²) in [5.74, 6) is 0. The fourth-order valence-corrected chi connectivity index (χ4v) is 1.26. The molecule has 1 rings (SSSR count). The Kier molecular flexibility index (Phi) is 2.56. The zero-order valence-electron chi connectivity index (χ0n) is 5.59. The molecular formula is C6H11F2NO. The number of nitrogens with two attached hydrogens (primary N) is 1. The van der Waals surface area contributed by atoms with Gasteiger partial charge in [-0.05, 0) is 19.3 Å². The lowest BCUT2D eigenvalue weighted by molar-refractivity contribution is -0.163. The Bertz CT molecular complexity index is 110. The first kappa shape index (κ1) is 7.88. The summed E-state index contributed by atoms with van der Waals surface area (Å²) in [5, 5.41) is 0. The molecule has 0 aromatic heterocycles. The molecule has 0 aliphatic heterocycles. The molecule has 0 amide bonds. The van der Waals surface area contributed by atoms with Crippen LogP contribution >= 0.6 is 0 Å². The SMILES string of the molecule is N[C@@H]1CCC[C@H]1OC(F)F. The number of hydrogen-bond acceptors (Lipinski definition) is 2. The van der Waals surface area contributed by atoms with Gasteiger partial charge in [0, 0.05) is 6.04 Å². The summed E-state index contributed by atoms with van der Waals surface area (Å²) in [7, 11) is 0. The number of alkyl halides is 2. The highest BCUT2D eigenvalue weighted by Crippen LogP contribution is 2.21. The molecule has 1 aliphatic rings. The number of ether oxygens (including phenoxy) is 1. The molecule has 0 radical (unpaired) electrons. The molecule has 0 spiro atoms. The van der Waals surface area contributed by atoms with Crippen molar-refractivity contribution in [3.63, 3.8) is 0 Å². The maximum absolute atomic E-state index is 11.6. The van der Waals surface area contributed by atoms with Crippen LogP contribution in [0.4, 0.5) is 8.78 Å². The number of hydrogen-bond donors (Lipinski definition) is 1. The van der Waals surface area contributed by atoms with E-state index < -0.39 is 12.7 Å². The van der Waals surface area contributed by atoms with Gasteiger partial charge in [-0.1, -0.05) is 0 Å². The molecule has 10 heavy (non-hydrogen) atoms. The third kappa shape index (κ3) is 1.88. The molecule has 0 unspecified atom stereocenters. The van der Waals surface area contributed by atoms with Crippen molar-refractivity contribution in [1.82, 2.24) is 0 Å². The third-order valence-electron chi connectivity index (χ3n) is 1.78. The first-order valence-corrected chi connectivity index (χ1v) is 3.39. The second-order valence-electron chi connectivity index (χ2n) is 2.53. The van der Waals surface area contributed by atoms with Crippen LogP contribution in [0.15, 0.2) is 0 Å². The topological polar surface area (TPSA) is 35.2 Å². The molecule has 0 saturated heterocycles. The Morgan fingerprint density at radius 3 is 2.50 bits per heavy atom. The molecular weight excluding hydrogens is 140 g/mol. The van der Waals surface area contributed by atoms with Crippen molar-refractivity contribution >= 4 is 0 Å². The lowest BCUT2D eigenvalue weighted by Gasteiger charge is -2.14. The summed E-state index contributed by atoms with van der Waals surface area (Å²) in [6.07, 6.45) is 1.96. The van der Waals surface area contributed by atoms with Crippen LogP contribution in [-0.2, 0) is 4.74 Å². The minimum Gasteiger partial charge on any atom is -0.325 e. The summed E-state index contributed by atoms with van der Waals surface area (Å²) >= 11 is 0. The van der Waals surface area contributed by atoms with Crippen molar-refractivity contribution in [2.45, 2.75) is 38.0 Å². The fourth-order valence-electron chi connectivity index (χ4n) is 1.26. The molecule has 2 N–H and O–H groups in total. The largest absolute Gasteiger partial charge is 0.345 e. The summed E-state index contributed by atoms with van der Waals surface area (Å²) < 4.78 is 27.4. The van der Waals surface area contributed by atoms with Crippen LogP contribution in [-0.4, -0.2) is 18.8 Å². The van der Waals surface area contributed by atoms with Gasteiger partial charge >= 0.3 is 6.61 Å². The van der Waals surface area contributed by atoms with E-state index in [0.717, 1.165) is 12.8 Å². The van der Waals surface area contributed by atoms with E-state index in [2.05, 4.69) is 4.74 Å². The van der Waals surface area contributed by atoms with Gasteiger partial charge in [-0.25, -0.2) is 0 Å². The standard InChI is InChI=1S/C6H11F2NO/c7-6(8)10-5-3-1-2-4(5)9/h4-6H,1-3,9H2/t4-,5-/m1/s1. The van der Waals surface area contributed by atoms with Gasteiger partial charge in [0.15, 0.2) is 0 Å². The molecule has 4 heteroatoms. The van der Waals surface area contributed by atoms with Gasteiger partial charge in [-0.2, -0.15) is 8.78 Å². The highest BCUT2D eigenvalue weighted by Gasteiger charge is 2.26. The van der Waals surface area contributed by atoms with E-state index in [4.69, 9.17) is 5.73 Å². The van der Waals surface area contributed by atoms with Gasteiger partial charge in [-0.15, -0.1) is 0 Å². The van der Waals surface area contributed by atoms with Crippen molar-refractivity contribution < 1.29 is 13.5 Å². The maximum Gasteiger partial charge on any atom is 0.345 e. The first-order chi connectivity index (χ1) is 4.70. The Hall–Kier alpha value is -0.220. The van der Waals surface area contributed by atoms with E-state index in [1.165, 1.54) is 0 Å². The number of halogens is 2. The smallest absolute Gasteiger partial charge is 0.325 e. The Balaban J connectivity index is 2.26. The van der Waals surface area contributed by atoms with Crippen LogP contribution in [0.5, 0.6) is 0 Å². The summed E-state index contributed by atoms with van der Waals surface area (Å²) in [4.78, 5) is 0. The summed E-state index contributed by atoms with van der Waals surface area (Å²) in [5.41, 5.74) is 5.47. The van der Waals surface area contributed by atoms with Crippen molar-refractivity contribution in [2.75, 3.05) is 0 Å². The molecule has 1 saturated carbocycles. The fraction of sp³-hybridized carbons (Fsp3) is 1.00. The predicted molar refractivity (Wildman–Crippen MR) is 32.7 cm³/mol. The van der Waals surface area contributed by atoms with Crippen molar-refractivity contribution in [1.29, 1.82) is 0 Å². The van der Waals surface area contributed by atoms with Crippen LogP contribution in [0.3, 0.4) is 0 Å². The lowest BCUT2D eigenvalue weighted by atomic mass is 10.2. The Labute approximate surface area is 58.3 Å². The minimum absolute atomic E-state index is 0.186. The van der Waals surface area contributed by atoms with Crippen LogP contribution in [0.1, 0.15) is 19.3 Å². The zero-order chi connectivity index (χ0) is 7.56. The average molecular weight is 151 g/mol. The Morgan fingerprint density at radius 2 is 2.10 bits per heavy atom. The van der Waals surface area contributed by atoms with E-state index >= 15 is 0 Å². The molecule has 1 fully saturated rings. The molecule has 2 atom stereocenters. The van der Waals surface area contributed by atoms with Crippen molar-refractivity contribution in [2.24, 2.45) is 5.73 Å². The minimum atomic E-state index is -2.67. The molecule has 60 valence electrons. The van der Waals surface area contributed by atoms with Crippen molar-refractivity contribution in [3.05, 3.63) is 0 Å². The third-order valence-corrected chi connectivity index (χ3v) is 1.78. The van der Waals surface area contributed by atoms with Gasteiger partial charge in [0.2, 0.25) is 0 Å². The van der Waals surface area contributed by atoms with Crippen LogP contribution in [0.2, 0.25) is 0 Å². The van der Waals surface area contributed by atoms with E-state index in [1.54, 1.807) is 0 Å². The lowest BCUT2D eigenvalue weighted by Crippen LogP contribution is -2.32. The monoisotopic (exact) mass is 151 g/mol. The Morgan fingerprint density at radius 1 is 1.40 bits per heavy atom. The average Bonchev–Trinajstić information content (AvgIpc) is 2.15. The molecule has 0 aromatic rings. The number of rotatable bonds is 2. The quantitative estimate of drug-likeness (QED) is 0.641. The molecule has 1 aliphatic carbocycles. The van der Waals surface area contributed by atoms with Gasteiger partial charge < -0.3 is 10.5 Å².